The fourth-order valence-corrected chi connectivity index (χ4v) is 2.55. The monoisotopic (exact) mass is 314 g/mol. The molecule has 3 rings (SSSR count). The van der Waals surface area contributed by atoms with Gasteiger partial charge in [-0.05, 0) is 6.42 Å². The first kappa shape index (κ1) is 14.5. The summed E-state index contributed by atoms with van der Waals surface area (Å²) < 4.78 is 40.1. The summed E-state index contributed by atoms with van der Waals surface area (Å²) >= 11 is 0. The Hall–Kier alpha value is -2.45. The number of fused-ring (bicyclic) bond motifs is 1. The third-order valence-electron chi connectivity index (χ3n) is 3.65. The van der Waals surface area contributed by atoms with E-state index in [0.717, 1.165) is 12.1 Å². The highest BCUT2D eigenvalue weighted by atomic mass is 19.2. The smallest absolute Gasteiger partial charge is 0.405 e. The molecule has 0 saturated carbocycles. The van der Waals surface area contributed by atoms with Crippen molar-refractivity contribution < 1.29 is 23.1 Å². The maximum Gasteiger partial charge on any atom is 0.405 e. The first-order chi connectivity index (χ1) is 10.4. The van der Waals surface area contributed by atoms with Crippen LogP contribution in [0.3, 0.4) is 0 Å². The van der Waals surface area contributed by atoms with Gasteiger partial charge in [0, 0.05) is 25.2 Å². The topological polar surface area (TPSA) is 81.2 Å². The summed E-state index contributed by atoms with van der Waals surface area (Å²) in [5.74, 6) is -1.67. The third-order valence-corrected chi connectivity index (χ3v) is 3.65. The molecule has 1 amide bonds. The quantitative estimate of drug-likeness (QED) is 0.792. The van der Waals surface area contributed by atoms with Crippen LogP contribution in [0.25, 0.3) is 11.0 Å². The summed E-state index contributed by atoms with van der Waals surface area (Å²) in [6, 6.07) is 1.09. The van der Waals surface area contributed by atoms with Crippen molar-refractivity contribution in [3.63, 3.8) is 0 Å². The molecule has 0 radical (unpaired) electrons. The molecule has 1 aliphatic heterocycles. The van der Waals surface area contributed by atoms with E-state index < -0.39 is 29.9 Å². The number of halogens is 3. The Morgan fingerprint density at radius 2 is 2.14 bits per heavy atom. The van der Waals surface area contributed by atoms with Crippen LogP contribution in [-0.4, -0.2) is 46.5 Å². The van der Waals surface area contributed by atoms with Crippen molar-refractivity contribution in [3.8, 4) is 0 Å². The van der Waals surface area contributed by atoms with Gasteiger partial charge in [-0.1, -0.05) is 0 Å². The van der Waals surface area contributed by atoms with E-state index in [1.807, 2.05) is 0 Å². The summed E-state index contributed by atoms with van der Waals surface area (Å²) in [5.41, 5.74) is 0.568. The number of nitrogens with zero attached hydrogens (tertiary/aromatic N) is 2. The zero-order chi connectivity index (χ0) is 15.9. The highest BCUT2D eigenvalue weighted by Gasteiger charge is 2.31. The molecule has 0 spiro atoms. The van der Waals surface area contributed by atoms with E-state index in [9.17, 15) is 18.0 Å². The van der Waals surface area contributed by atoms with Crippen LogP contribution >= 0.6 is 0 Å². The fraction of sp³-hybridized carbons (Fsp3) is 0.385. The summed E-state index contributed by atoms with van der Waals surface area (Å²) in [7, 11) is 0. The number of carboxylic acid groups (broad SMARTS) is 1. The van der Waals surface area contributed by atoms with E-state index in [4.69, 9.17) is 5.11 Å². The lowest BCUT2D eigenvalue weighted by atomic mass is 10.0. The average Bonchev–Trinajstić information content (AvgIpc) is 2.84. The number of piperidine rings is 1. The van der Waals surface area contributed by atoms with Gasteiger partial charge in [0.15, 0.2) is 11.6 Å². The highest BCUT2D eigenvalue weighted by molar-refractivity contribution is 5.77. The van der Waals surface area contributed by atoms with E-state index >= 15 is 0 Å². The molecule has 2 heterocycles. The molecule has 0 aliphatic carbocycles. The largest absolute Gasteiger partial charge is 0.465 e. The maximum atomic E-state index is 13.7. The number of amides is 1. The lowest BCUT2D eigenvalue weighted by Gasteiger charge is -2.34. The van der Waals surface area contributed by atoms with Crippen LogP contribution < -0.4 is 10.2 Å². The Kier molecular flexibility index (Phi) is 3.55. The summed E-state index contributed by atoms with van der Waals surface area (Å²) in [6.45, 7) is 0.405. The number of aromatic nitrogens is 2. The number of alkyl halides is 1. The molecule has 1 aromatic carbocycles. The minimum absolute atomic E-state index is 0.0816. The van der Waals surface area contributed by atoms with Gasteiger partial charge < -0.3 is 20.3 Å². The molecule has 0 unspecified atom stereocenters. The normalized spacial score (nSPS) is 22.0. The molecule has 6 nitrogen and oxygen atoms in total. The first-order valence-corrected chi connectivity index (χ1v) is 6.67. The van der Waals surface area contributed by atoms with Crippen LogP contribution in [0.1, 0.15) is 6.42 Å². The highest BCUT2D eigenvalue weighted by Crippen LogP contribution is 2.24. The summed E-state index contributed by atoms with van der Waals surface area (Å²) in [6.07, 6.45) is -2.46. The van der Waals surface area contributed by atoms with Crippen LogP contribution in [0.4, 0.5) is 23.9 Å². The molecule has 1 aromatic heterocycles. The van der Waals surface area contributed by atoms with E-state index in [-0.39, 0.29) is 18.5 Å². The van der Waals surface area contributed by atoms with Crippen LogP contribution in [-0.2, 0) is 0 Å². The second-order valence-corrected chi connectivity index (χ2v) is 5.15. The molecular weight excluding hydrogens is 301 g/mol. The lowest BCUT2D eigenvalue weighted by Crippen LogP contribution is -2.53. The number of anilines is 1. The third kappa shape index (κ3) is 2.66. The Morgan fingerprint density at radius 1 is 1.41 bits per heavy atom. The van der Waals surface area contributed by atoms with Gasteiger partial charge in [-0.2, -0.15) is 0 Å². The first-order valence-electron chi connectivity index (χ1n) is 6.67. The average molecular weight is 314 g/mol. The number of rotatable bonds is 2. The number of aromatic amines is 1. The lowest BCUT2D eigenvalue weighted by molar-refractivity contribution is 0.167. The van der Waals surface area contributed by atoms with Gasteiger partial charge in [-0.3, -0.25) is 0 Å². The number of H-pyrrole nitrogens is 1. The van der Waals surface area contributed by atoms with Crippen LogP contribution in [0.5, 0.6) is 0 Å². The minimum atomic E-state index is -1.30. The standard InChI is InChI=1S/C13H13F3N4O2/c14-6-1-2-20(5-11(6)19-13(21)22)12-17-9-3-7(15)8(16)4-10(9)18-12/h3-4,6,11,19H,1-2,5H2,(H,17,18)(H,21,22)/t6-,11+/m0/s1. The molecule has 1 aliphatic rings. The van der Waals surface area contributed by atoms with Crippen molar-refractivity contribution >= 4 is 23.1 Å². The second kappa shape index (κ2) is 5.39. The van der Waals surface area contributed by atoms with Gasteiger partial charge in [-0.15, -0.1) is 0 Å². The van der Waals surface area contributed by atoms with Crippen LogP contribution in [0, 0.1) is 11.6 Å². The van der Waals surface area contributed by atoms with Gasteiger partial charge in [0.25, 0.3) is 0 Å². The maximum absolute atomic E-state index is 13.7. The zero-order valence-corrected chi connectivity index (χ0v) is 11.3. The van der Waals surface area contributed by atoms with Crippen molar-refractivity contribution in [2.45, 2.75) is 18.6 Å². The van der Waals surface area contributed by atoms with E-state index in [1.165, 1.54) is 0 Å². The molecule has 0 bridgehead atoms. The number of hydrogen-bond acceptors (Lipinski definition) is 3. The Bertz CT molecular complexity index is 682. The molecule has 2 aromatic rings. The predicted octanol–water partition coefficient (Wildman–Crippen LogP) is 2.03. The van der Waals surface area contributed by atoms with Crippen LogP contribution in [0.2, 0.25) is 0 Å². The number of carbonyl (C=O) groups is 1. The van der Waals surface area contributed by atoms with Crippen molar-refractivity contribution in [1.29, 1.82) is 0 Å². The van der Waals surface area contributed by atoms with Crippen molar-refractivity contribution in [3.05, 3.63) is 23.8 Å². The van der Waals surface area contributed by atoms with Gasteiger partial charge in [-0.25, -0.2) is 22.9 Å². The van der Waals surface area contributed by atoms with Gasteiger partial charge in [0.2, 0.25) is 5.95 Å². The molecule has 118 valence electrons. The number of nitrogens with one attached hydrogen (secondary N) is 2. The van der Waals surface area contributed by atoms with Gasteiger partial charge >= 0.3 is 6.09 Å². The summed E-state index contributed by atoms with van der Waals surface area (Å²) in [5, 5.41) is 10.8. The molecule has 3 N–H and O–H groups in total. The number of hydrogen-bond donors (Lipinski definition) is 3. The van der Waals surface area contributed by atoms with Crippen LogP contribution in [0.15, 0.2) is 12.1 Å². The number of benzene rings is 1. The van der Waals surface area contributed by atoms with Crippen molar-refractivity contribution in [2.75, 3.05) is 18.0 Å². The molecule has 1 fully saturated rings. The van der Waals surface area contributed by atoms with E-state index in [2.05, 4.69) is 15.3 Å². The predicted molar refractivity (Wildman–Crippen MR) is 72.7 cm³/mol. The number of imidazole rings is 1. The van der Waals surface area contributed by atoms with E-state index in [1.54, 1.807) is 4.90 Å². The molecule has 1 saturated heterocycles. The summed E-state index contributed by atoms with van der Waals surface area (Å²) in [4.78, 5) is 19.3. The Labute approximate surface area is 122 Å². The molecule has 2 atom stereocenters. The second-order valence-electron chi connectivity index (χ2n) is 5.15. The van der Waals surface area contributed by atoms with Crippen molar-refractivity contribution in [1.82, 2.24) is 15.3 Å². The van der Waals surface area contributed by atoms with E-state index in [0.29, 0.717) is 18.0 Å². The fourth-order valence-electron chi connectivity index (χ4n) is 2.55. The Balaban J connectivity index is 1.85. The van der Waals surface area contributed by atoms with Crippen molar-refractivity contribution in [2.24, 2.45) is 0 Å². The Morgan fingerprint density at radius 3 is 2.86 bits per heavy atom. The minimum Gasteiger partial charge on any atom is -0.465 e. The zero-order valence-electron chi connectivity index (χ0n) is 11.3. The molecule has 9 heteroatoms. The molecular formula is C13H13F3N4O2. The van der Waals surface area contributed by atoms with Gasteiger partial charge in [0.1, 0.15) is 6.17 Å². The SMILES string of the molecule is O=C(O)N[C@@H]1CN(c2nc3cc(F)c(F)cc3[nH]2)CC[C@@H]1F. The van der Waals surface area contributed by atoms with Gasteiger partial charge in [0.05, 0.1) is 17.1 Å². The molecule has 22 heavy (non-hydrogen) atoms.